The summed E-state index contributed by atoms with van der Waals surface area (Å²) in [6.07, 6.45) is 0. The number of nitrogens with two attached hydrogens (primary N) is 1. The smallest absolute Gasteiger partial charge is 0.234 e. The molecule has 0 aliphatic rings. The number of carbonyl (C=O) groups is 1. The first kappa shape index (κ1) is 14.9. The van der Waals surface area contributed by atoms with E-state index in [9.17, 15) is 4.79 Å². The summed E-state index contributed by atoms with van der Waals surface area (Å²) >= 11 is 7.35. The van der Waals surface area contributed by atoms with Gasteiger partial charge in [0.15, 0.2) is 0 Å². The van der Waals surface area contributed by atoms with Crippen LogP contribution in [0.2, 0.25) is 5.02 Å². The molecule has 0 aliphatic carbocycles. The van der Waals surface area contributed by atoms with E-state index >= 15 is 0 Å². The van der Waals surface area contributed by atoms with Gasteiger partial charge in [0.2, 0.25) is 5.91 Å². The molecule has 0 unspecified atom stereocenters. The molecule has 0 fully saturated rings. The molecule has 2 aromatic rings. The zero-order valence-electron chi connectivity index (χ0n) is 10.8. The number of halogens is 1. The Morgan fingerprint density at radius 1 is 1.20 bits per heavy atom. The number of nitrogens with one attached hydrogen (secondary N) is 1. The minimum atomic E-state index is -0.0598. The normalized spacial score (nSPS) is 10.3. The molecule has 104 valence electrons. The summed E-state index contributed by atoms with van der Waals surface area (Å²) < 4.78 is 0. The minimum absolute atomic E-state index is 0.0598. The Kier molecular flexibility index (Phi) is 5.47. The standard InChI is InChI=1S/C15H15ClN2OS/c16-12-4-2-5-13(8-12)18-15(19)10-20-14-6-1-3-11(7-14)9-17/h1-8H,9-10,17H2,(H,18,19). The number of amides is 1. The molecule has 0 saturated carbocycles. The fraction of sp³-hybridized carbons (Fsp3) is 0.133. The molecule has 0 aromatic heterocycles. The van der Waals surface area contributed by atoms with Crippen LogP contribution < -0.4 is 11.1 Å². The van der Waals surface area contributed by atoms with Crippen molar-refractivity contribution in [3.05, 3.63) is 59.1 Å². The number of hydrogen-bond acceptors (Lipinski definition) is 3. The minimum Gasteiger partial charge on any atom is -0.326 e. The van der Waals surface area contributed by atoms with Crippen molar-refractivity contribution < 1.29 is 4.79 Å². The molecule has 0 bridgehead atoms. The van der Waals surface area contributed by atoms with Gasteiger partial charge in [0, 0.05) is 22.2 Å². The summed E-state index contributed by atoms with van der Waals surface area (Å²) in [7, 11) is 0. The molecule has 0 heterocycles. The van der Waals surface area contributed by atoms with E-state index in [0.717, 1.165) is 10.5 Å². The number of carbonyl (C=O) groups excluding carboxylic acids is 1. The van der Waals surface area contributed by atoms with E-state index in [2.05, 4.69) is 5.32 Å². The highest BCUT2D eigenvalue weighted by Crippen LogP contribution is 2.20. The average Bonchev–Trinajstić information content (AvgIpc) is 2.45. The topological polar surface area (TPSA) is 55.1 Å². The molecule has 0 saturated heterocycles. The van der Waals surface area contributed by atoms with Crippen molar-refractivity contribution in [1.82, 2.24) is 0 Å². The predicted octanol–water partition coefficient (Wildman–Crippen LogP) is 3.53. The van der Waals surface area contributed by atoms with Crippen molar-refractivity contribution in [2.24, 2.45) is 5.73 Å². The highest BCUT2D eigenvalue weighted by atomic mass is 35.5. The van der Waals surface area contributed by atoms with Crippen molar-refractivity contribution >= 4 is 35.0 Å². The molecule has 2 aromatic carbocycles. The van der Waals surface area contributed by atoms with Crippen molar-refractivity contribution in [2.75, 3.05) is 11.1 Å². The van der Waals surface area contributed by atoms with Crippen LogP contribution in [0.3, 0.4) is 0 Å². The van der Waals surface area contributed by atoms with Gasteiger partial charge in [-0.25, -0.2) is 0 Å². The number of hydrogen-bond donors (Lipinski definition) is 2. The van der Waals surface area contributed by atoms with Crippen LogP contribution in [-0.4, -0.2) is 11.7 Å². The maximum Gasteiger partial charge on any atom is 0.234 e. The van der Waals surface area contributed by atoms with Gasteiger partial charge in [-0.3, -0.25) is 4.79 Å². The van der Waals surface area contributed by atoms with Crippen molar-refractivity contribution in [3.63, 3.8) is 0 Å². The largest absolute Gasteiger partial charge is 0.326 e. The molecular weight excluding hydrogens is 292 g/mol. The van der Waals surface area contributed by atoms with E-state index in [0.29, 0.717) is 23.0 Å². The third-order valence-electron chi connectivity index (χ3n) is 2.61. The molecule has 20 heavy (non-hydrogen) atoms. The first-order chi connectivity index (χ1) is 9.67. The fourth-order valence-corrected chi connectivity index (χ4v) is 2.64. The second-order valence-corrected chi connectivity index (χ2v) is 5.68. The first-order valence-corrected chi connectivity index (χ1v) is 7.51. The summed E-state index contributed by atoms with van der Waals surface area (Å²) in [5.41, 5.74) is 7.36. The SMILES string of the molecule is NCc1cccc(SCC(=O)Nc2cccc(Cl)c2)c1. The summed E-state index contributed by atoms with van der Waals surface area (Å²) in [6.45, 7) is 0.503. The highest BCUT2D eigenvalue weighted by Gasteiger charge is 2.04. The van der Waals surface area contributed by atoms with Gasteiger partial charge in [-0.05, 0) is 35.9 Å². The van der Waals surface area contributed by atoms with Crippen LogP contribution in [0.25, 0.3) is 0 Å². The van der Waals surface area contributed by atoms with E-state index in [1.165, 1.54) is 11.8 Å². The number of rotatable bonds is 5. The summed E-state index contributed by atoms with van der Waals surface area (Å²) in [6, 6.07) is 15.0. The Bertz CT molecular complexity index is 604. The molecule has 5 heteroatoms. The summed E-state index contributed by atoms with van der Waals surface area (Å²) in [4.78, 5) is 12.9. The molecular formula is C15H15ClN2OS. The van der Waals surface area contributed by atoms with Gasteiger partial charge in [-0.2, -0.15) is 0 Å². The Balaban J connectivity index is 1.88. The summed E-state index contributed by atoms with van der Waals surface area (Å²) in [5, 5.41) is 3.42. The van der Waals surface area contributed by atoms with Gasteiger partial charge in [-0.1, -0.05) is 29.8 Å². The van der Waals surface area contributed by atoms with E-state index in [1.54, 1.807) is 18.2 Å². The fourth-order valence-electron chi connectivity index (χ4n) is 1.67. The highest BCUT2D eigenvalue weighted by molar-refractivity contribution is 8.00. The van der Waals surface area contributed by atoms with Crippen molar-refractivity contribution in [2.45, 2.75) is 11.4 Å². The average molecular weight is 307 g/mol. The number of thioether (sulfide) groups is 1. The predicted molar refractivity (Wildman–Crippen MR) is 85.1 cm³/mol. The lowest BCUT2D eigenvalue weighted by Gasteiger charge is -2.06. The number of anilines is 1. The molecule has 3 nitrogen and oxygen atoms in total. The lowest BCUT2D eigenvalue weighted by atomic mass is 10.2. The van der Waals surface area contributed by atoms with E-state index in [1.807, 2.05) is 30.3 Å². The van der Waals surface area contributed by atoms with Crippen LogP contribution in [0.15, 0.2) is 53.4 Å². The van der Waals surface area contributed by atoms with E-state index in [-0.39, 0.29) is 5.91 Å². The second kappa shape index (κ2) is 7.33. The van der Waals surface area contributed by atoms with Crippen LogP contribution in [0.1, 0.15) is 5.56 Å². The third-order valence-corrected chi connectivity index (χ3v) is 3.84. The molecule has 0 atom stereocenters. The van der Waals surface area contributed by atoms with Gasteiger partial charge < -0.3 is 11.1 Å². The second-order valence-electron chi connectivity index (χ2n) is 4.20. The van der Waals surface area contributed by atoms with Crippen LogP contribution >= 0.6 is 23.4 Å². The third kappa shape index (κ3) is 4.56. The zero-order valence-corrected chi connectivity index (χ0v) is 12.4. The van der Waals surface area contributed by atoms with Gasteiger partial charge >= 0.3 is 0 Å². The van der Waals surface area contributed by atoms with Crippen LogP contribution in [-0.2, 0) is 11.3 Å². The van der Waals surface area contributed by atoms with Gasteiger partial charge in [0.05, 0.1) is 5.75 Å². The molecule has 0 aliphatic heterocycles. The Labute approximate surface area is 127 Å². The van der Waals surface area contributed by atoms with Crippen LogP contribution in [0, 0.1) is 0 Å². The molecule has 3 N–H and O–H groups in total. The van der Waals surface area contributed by atoms with Crippen molar-refractivity contribution in [1.29, 1.82) is 0 Å². The quantitative estimate of drug-likeness (QED) is 0.831. The van der Waals surface area contributed by atoms with E-state index in [4.69, 9.17) is 17.3 Å². The molecule has 0 spiro atoms. The van der Waals surface area contributed by atoms with Crippen LogP contribution in [0.4, 0.5) is 5.69 Å². The maximum atomic E-state index is 11.9. The van der Waals surface area contributed by atoms with Gasteiger partial charge in [0.25, 0.3) is 0 Å². The molecule has 1 amide bonds. The first-order valence-electron chi connectivity index (χ1n) is 6.14. The monoisotopic (exact) mass is 306 g/mol. The van der Waals surface area contributed by atoms with Crippen LogP contribution in [0.5, 0.6) is 0 Å². The Hall–Kier alpha value is -1.49. The van der Waals surface area contributed by atoms with E-state index < -0.39 is 0 Å². The number of benzene rings is 2. The Morgan fingerprint density at radius 3 is 2.75 bits per heavy atom. The Morgan fingerprint density at radius 2 is 2.00 bits per heavy atom. The zero-order chi connectivity index (χ0) is 14.4. The molecule has 2 rings (SSSR count). The van der Waals surface area contributed by atoms with Crippen molar-refractivity contribution in [3.8, 4) is 0 Å². The summed E-state index contributed by atoms with van der Waals surface area (Å²) in [5.74, 6) is 0.288. The van der Waals surface area contributed by atoms with Gasteiger partial charge in [-0.15, -0.1) is 11.8 Å². The maximum absolute atomic E-state index is 11.9. The lowest BCUT2D eigenvalue weighted by molar-refractivity contribution is -0.113. The van der Waals surface area contributed by atoms with Gasteiger partial charge in [0.1, 0.15) is 0 Å². The lowest BCUT2D eigenvalue weighted by Crippen LogP contribution is -2.13. The molecule has 0 radical (unpaired) electrons.